The molecule has 0 spiro atoms. The van der Waals surface area contributed by atoms with Gasteiger partial charge in [-0.2, -0.15) is 0 Å². The van der Waals surface area contributed by atoms with Gasteiger partial charge in [0.25, 0.3) is 0 Å². The van der Waals surface area contributed by atoms with Crippen LogP contribution in [0.25, 0.3) is 0 Å². The van der Waals surface area contributed by atoms with Gasteiger partial charge in [0.2, 0.25) is 0 Å². The highest BCUT2D eigenvalue weighted by Gasteiger charge is 2.41. The number of halogens is 1. The summed E-state index contributed by atoms with van der Waals surface area (Å²) in [6.07, 6.45) is 1.97. The molecule has 2 rings (SSSR count). The fourth-order valence-corrected chi connectivity index (χ4v) is 2.30. The van der Waals surface area contributed by atoms with Crippen molar-refractivity contribution >= 4 is 15.9 Å². The Morgan fingerprint density at radius 2 is 2.18 bits per heavy atom. The van der Waals surface area contributed by atoms with Gasteiger partial charge in [-0.3, -0.25) is 0 Å². The molecule has 1 aliphatic rings. The van der Waals surface area contributed by atoms with Gasteiger partial charge in [-0.05, 0) is 34.5 Å². The van der Waals surface area contributed by atoms with Crippen LogP contribution in [0.2, 0.25) is 0 Å². The second-order valence-electron chi connectivity index (χ2n) is 4.32. The van der Waals surface area contributed by atoms with E-state index in [2.05, 4.69) is 22.9 Å². The summed E-state index contributed by atoms with van der Waals surface area (Å²) in [5, 5.41) is 0. The molecule has 0 aliphatic heterocycles. The van der Waals surface area contributed by atoms with E-state index < -0.39 is 0 Å². The van der Waals surface area contributed by atoms with Crippen molar-refractivity contribution in [1.29, 1.82) is 0 Å². The first-order valence-corrected chi connectivity index (χ1v) is 6.80. The van der Waals surface area contributed by atoms with Crippen LogP contribution < -0.4 is 10.5 Å². The van der Waals surface area contributed by atoms with Crippen LogP contribution in [-0.2, 0) is 4.74 Å². The van der Waals surface area contributed by atoms with Crippen molar-refractivity contribution < 1.29 is 9.47 Å². The van der Waals surface area contributed by atoms with Crippen LogP contribution in [0.5, 0.6) is 5.75 Å². The molecule has 3 unspecified atom stereocenters. The Balaban J connectivity index is 1.93. The predicted molar refractivity (Wildman–Crippen MR) is 71.2 cm³/mol. The van der Waals surface area contributed by atoms with Crippen molar-refractivity contribution in [2.75, 3.05) is 6.61 Å². The second kappa shape index (κ2) is 5.85. The highest BCUT2D eigenvalue weighted by molar-refractivity contribution is 9.10. The van der Waals surface area contributed by atoms with Crippen LogP contribution in [0.3, 0.4) is 0 Å². The van der Waals surface area contributed by atoms with Gasteiger partial charge in [-0.15, -0.1) is 0 Å². The Labute approximate surface area is 110 Å². The van der Waals surface area contributed by atoms with Gasteiger partial charge in [0.15, 0.2) is 0 Å². The number of hydrogen-bond acceptors (Lipinski definition) is 3. The molecule has 1 aromatic carbocycles. The van der Waals surface area contributed by atoms with Gasteiger partial charge >= 0.3 is 0 Å². The lowest BCUT2D eigenvalue weighted by Crippen LogP contribution is -2.59. The van der Waals surface area contributed by atoms with Crippen molar-refractivity contribution in [3.63, 3.8) is 0 Å². The first-order valence-electron chi connectivity index (χ1n) is 6.00. The molecule has 0 saturated heterocycles. The van der Waals surface area contributed by atoms with Gasteiger partial charge in [0.1, 0.15) is 18.0 Å². The Morgan fingerprint density at radius 3 is 2.82 bits per heavy atom. The molecule has 1 fully saturated rings. The normalized spacial score (nSPS) is 27.6. The third kappa shape index (κ3) is 3.00. The highest BCUT2D eigenvalue weighted by Crippen LogP contribution is 2.31. The van der Waals surface area contributed by atoms with E-state index >= 15 is 0 Å². The first-order chi connectivity index (χ1) is 8.22. The third-order valence-corrected chi connectivity index (χ3v) is 3.58. The molecular weight excluding hydrogens is 282 g/mol. The predicted octanol–water partition coefficient (Wildman–Crippen LogP) is 2.72. The molecule has 0 amide bonds. The molecule has 0 radical (unpaired) electrons. The summed E-state index contributed by atoms with van der Waals surface area (Å²) < 4.78 is 12.6. The molecule has 3 atom stereocenters. The molecular formula is C13H18BrNO2. The van der Waals surface area contributed by atoms with Crippen LogP contribution >= 0.6 is 15.9 Å². The summed E-state index contributed by atoms with van der Waals surface area (Å²) in [7, 11) is 0. The summed E-state index contributed by atoms with van der Waals surface area (Å²) in [6.45, 7) is 2.84. The maximum atomic E-state index is 5.93. The molecule has 94 valence electrons. The van der Waals surface area contributed by atoms with E-state index in [1.165, 1.54) is 0 Å². The zero-order chi connectivity index (χ0) is 12.3. The summed E-state index contributed by atoms with van der Waals surface area (Å²) in [6, 6.07) is 7.95. The smallest absolute Gasteiger partial charge is 0.134 e. The van der Waals surface area contributed by atoms with Crippen molar-refractivity contribution in [3.05, 3.63) is 28.7 Å². The molecule has 0 bridgehead atoms. The summed E-state index contributed by atoms with van der Waals surface area (Å²) >= 11 is 3.47. The largest absolute Gasteiger partial charge is 0.486 e. The minimum absolute atomic E-state index is 0.0297. The van der Waals surface area contributed by atoms with Crippen molar-refractivity contribution in [2.45, 2.75) is 38.0 Å². The standard InChI is InChI=1S/C13H18BrNO2/c1-2-7-16-13-10(15)8-12(13)17-11-6-4-3-5-9(11)14/h3-6,10,12-13H,2,7-8,15H2,1H3. The zero-order valence-corrected chi connectivity index (χ0v) is 11.5. The van der Waals surface area contributed by atoms with E-state index in [0.29, 0.717) is 0 Å². The monoisotopic (exact) mass is 299 g/mol. The molecule has 0 heterocycles. The number of nitrogens with two attached hydrogens (primary N) is 1. The molecule has 1 aliphatic carbocycles. The Bertz CT molecular complexity index is 372. The van der Waals surface area contributed by atoms with Crippen molar-refractivity contribution in [2.24, 2.45) is 5.73 Å². The van der Waals surface area contributed by atoms with Crippen LogP contribution in [0.1, 0.15) is 19.8 Å². The number of hydrogen-bond donors (Lipinski definition) is 1. The quantitative estimate of drug-likeness (QED) is 0.909. The topological polar surface area (TPSA) is 44.5 Å². The van der Waals surface area contributed by atoms with Gasteiger partial charge in [0, 0.05) is 19.1 Å². The zero-order valence-electron chi connectivity index (χ0n) is 9.93. The van der Waals surface area contributed by atoms with Crippen LogP contribution in [0.15, 0.2) is 28.7 Å². The summed E-state index contributed by atoms with van der Waals surface area (Å²) in [5.74, 6) is 0.856. The average Bonchev–Trinajstić information content (AvgIpc) is 2.31. The molecule has 3 nitrogen and oxygen atoms in total. The third-order valence-electron chi connectivity index (χ3n) is 2.92. The number of para-hydroxylation sites is 1. The molecule has 1 aromatic rings. The molecule has 4 heteroatoms. The SMILES string of the molecule is CCCOC1C(N)CC1Oc1ccccc1Br. The fourth-order valence-electron chi connectivity index (χ4n) is 1.92. The van der Waals surface area contributed by atoms with Gasteiger partial charge in [-0.25, -0.2) is 0 Å². The van der Waals surface area contributed by atoms with Gasteiger partial charge in [0.05, 0.1) is 4.47 Å². The van der Waals surface area contributed by atoms with E-state index in [-0.39, 0.29) is 18.2 Å². The Kier molecular flexibility index (Phi) is 4.42. The van der Waals surface area contributed by atoms with E-state index in [0.717, 1.165) is 29.7 Å². The molecule has 0 aromatic heterocycles. The number of benzene rings is 1. The van der Waals surface area contributed by atoms with Crippen molar-refractivity contribution in [1.82, 2.24) is 0 Å². The summed E-state index contributed by atoms with van der Waals surface area (Å²) in [5.41, 5.74) is 5.93. The van der Waals surface area contributed by atoms with E-state index in [9.17, 15) is 0 Å². The average molecular weight is 300 g/mol. The van der Waals surface area contributed by atoms with E-state index in [1.807, 2.05) is 24.3 Å². The highest BCUT2D eigenvalue weighted by atomic mass is 79.9. The Morgan fingerprint density at radius 1 is 1.41 bits per heavy atom. The number of rotatable bonds is 5. The van der Waals surface area contributed by atoms with Crippen LogP contribution in [0.4, 0.5) is 0 Å². The second-order valence-corrected chi connectivity index (χ2v) is 5.18. The number of ether oxygens (including phenoxy) is 2. The minimum Gasteiger partial charge on any atom is -0.486 e. The molecule has 17 heavy (non-hydrogen) atoms. The lowest BCUT2D eigenvalue weighted by atomic mass is 9.86. The van der Waals surface area contributed by atoms with E-state index in [4.69, 9.17) is 15.2 Å². The fraction of sp³-hybridized carbons (Fsp3) is 0.538. The van der Waals surface area contributed by atoms with Gasteiger partial charge in [-0.1, -0.05) is 19.1 Å². The van der Waals surface area contributed by atoms with Crippen LogP contribution in [0, 0.1) is 0 Å². The lowest BCUT2D eigenvalue weighted by Gasteiger charge is -2.41. The van der Waals surface area contributed by atoms with E-state index in [1.54, 1.807) is 0 Å². The lowest BCUT2D eigenvalue weighted by molar-refractivity contribution is -0.0982. The van der Waals surface area contributed by atoms with Crippen molar-refractivity contribution in [3.8, 4) is 5.75 Å². The van der Waals surface area contributed by atoms with Crippen LogP contribution in [-0.4, -0.2) is 24.9 Å². The molecule has 2 N–H and O–H groups in total. The van der Waals surface area contributed by atoms with Gasteiger partial charge < -0.3 is 15.2 Å². The minimum atomic E-state index is 0.0297. The maximum absolute atomic E-state index is 5.93. The first kappa shape index (κ1) is 12.9. The Hall–Kier alpha value is -0.580. The molecule has 1 saturated carbocycles. The summed E-state index contributed by atoms with van der Waals surface area (Å²) in [4.78, 5) is 0. The maximum Gasteiger partial charge on any atom is 0.134 e.